The summed E-state index contributed by atoms with van der Waals surface area (Å²) in [6, 6.07) is 8.08. The first kappa shape index (κ1) is 10.1. The van der Waals surface area contributed by atoms with Crippen LogP contribution in [0.1, 0.15) is 25.0 Å². The Labute approximate surface area is 83.8 Å². The molecule has 0 amide bonds. The summed E-state index contributed by atoms with van der Waals surface area (Å²) in [7, 11) is 0. The standard InChI is InChI=1S/C11H13NS/c1-3-10-6-5-9(8-12)7-11(10)13-4-2/h5-7H,3-4H2,1-2H3. The lowest BCUT2D eigenvalue weighted by Crippen LogP contribution is -1.87. The number of hydrogen-bond acceptors (Lipinski definition) is 2. The van der Waals surface area contributed by atoms with Gasteiger partial charge in [-0.1, -0.05) is 19.9 Å². The summed E-state index contributed by atoms with van der Waals surface area (Å²) in [5, 5.41) is 8.73. The Morgan fingerprint density at radius 2 is 2.15 bits per heavy atom. The lowest BCUT2D eigenvalue weighted by Gasteiger charge is -2.05. The number of benzene rings is 1. The fourth-order valence-corrected chi connectivity index (χ4v) is 2.13. The Bertz CT molecular complexity index is 325. The van der Waals surface area contributed by atoms with Crippen LogP contribution in [0.3, 0.4) is 0 Å². The summed E-state index contributed by atoms with van der Waals surface area (Å²) in [6.07, 6.45) is 1.04. The molecule has 1 aromatic carbocycles. The van der Waals surface area contributed by atoms with Crippen LogP contribution in [0.4, 0.5) is 0 Å². The molecule has 0 atom stereocenters. The van der Waals surface area contributed by atoms with Gasteiger partial charge in [-0.25, -0.2) is 0 Å². The highest BCUT2D eigenvalue weighted by molar-refractivity contribution is 7.99. The molecule has 0 aromatic heterocycles. The number of nitrogens with zero attached hydrogens (tertiary/aromatic N) is 1. The SMILES string of the molecule is CCSc1cc(C#N)ccc1CC. The van der Waals surface area contributed by atoms with Crippen LogP contribution in [0.25, 0.3) is 0 Å². The zero-order valence-electron chi connectivity index (χ0n) is 8.00. The van der Waals surface area contributed by atoms with E-state index in [0.717, 1.165) is 17.7 Å². The summed E-state index contributed by atoms with van der Waals surface area (Å²) in [5.74, 6) is 1.06. The lowest BCUT2D eigenvalue weighted by molar-refractivity contribution is 1.08. The van der Waals surface area contributed by atoms with Crippen molar-refractivity contribution >= 4 is 11.8 Å². The molecule has 0 N–H and O–H groups in total. The average Bonchev–Trinajstić information content (AvgIpc) is 2.18. The maximum Gasteiger partial charge on any atom is 0.0992 e. The molecule has 1 rings (SSSR count). The highest BCUT2D eigenvalue weighted by Gasteiger charge is 2.01. The molecule has 0 heterocycles. The Kier molecular flexibility index (Phi) is 3.85. The van der Waals surface area contributed by atoms with E-state index in [0.29, 0.717) is 0 Å². The zero-order chi connectivity index (χ0) is 9.68. The van der Waals surface area contributed by atoms with E-state index in [1.54, 1.807) is 11.8 Å². The second kappa shape index (κ2) is 4.94. The quantitative estimate of drug-likeness (QED) is 0.685. The van der Waals surface area contributed by atoms with E-state index in [4.69, 9.17) is 5.26 Å². The summed E-state index contributed by atoms with van der Waals surface area (Å²) >= 11 is 1.80. The fourth-order valence-electron chi connectivity index (χ4n) is 1.21. The topological polar surface area (TPSA) is 23.8 Å². The molecule has 0 aliphatic carbocycles. The van der Waals surface area contributed by atoms with Gasteiger partial charge < -0.3 is 0 Å². The van der Waals surface area contributed by atoms with Gasteiger partial charge in [0.2, 0.25) is 0 Å². The van der Waals surface area contributed by atoms with Crippen molar-refractivity contribution in [3.8, 4) is 6.07 Å². The van der Waals surface area contributed by atoms with E-state index in [-0.39, 0.29) is 0 Å². The minimum absolute atomic E-state index is 0.758. The molecule has 0 spiro atoms. The first-order valence-electron chi connectivity index (χ1n) is 4.47. The fraction of sp³-hybridized carbons (Fsp3) is 0.364. The Hall–Kier alpha value is -0.940. The molecule has 68 valence electrons. The van der Waals surface area contributed by atoms with Crippen molar-refractivity contribution in [3.63, 3.8) is 0 Å². The van der Waals surface area contributed by atoms with E-state index < -0.39 is 0 Å². The van der Waals surface area contributed by atoms with E-state index in [1.807, 2.05) is 12.1 Å². The van der Waals surface area contributed by atoms with Crippen LogP contribution in [0.15, 0.2) is 23.1 Å². The van der Waals surface area contributed by atoms with Crippen molar-refractivity contribution in [1.29, 1.82) is 5.26 Å². The molecule has 2 heteroatoms. The van der Waals surface area contributed by atoms with Gasteiger partial charge in [0.1, 0.15) is 0 Å². The third-order valence-electron chi connectivity index (χ3n) is 1.88. The number of aryl methyl sites for hydroxylation is 1. The van der Waals surface area contributed by atoms with Gasteiger partial charge in [-0.3, -0.25) is 0 Å². The van der Waals surface area contributed by atoms with E-state index in [9.17, 15) is 0 Å². The molecule has 1 nitrogen and oxygen atoms in total. The molecule has 0 unspecified atom stereocenters. The summed E-state index contributed by atoms with van der Waals surface area (Å²) in [5.41, 5.74) is 2.10. The molecular formula is C11H13NS. The van der Waals surface area contributed by atoms with Crippen LogP contribution in [-0.2, 0) is 6.42 Å². The lowest BCUT2D eigenvalue weighted by atomic mass is 10.1. The largest absolute Gasteiger partial charge is 0.192 e. The predicted molar refractivity (Wildman–Crippen MR) is 56.9 cm³/mol. The molecule has 0 aliphatic rings. The van der Waals surface area contributed by atoms with E-state index >= 15 is 0 Å². The molecule has 1 aromatic rings. The van der Waals surface area contributed by atoms with Gasteiger partial charge in [0.25, 0.3) is 0 Å². The normalized spacial score (nSPS) is 9.62. The predicted octanol–water partition coefficient (Wildman–Crippen LogP) is 3.23. The van der Waals surface area contributed by atoms with Crippen LogP contribution in [0.2, 0.25) is 0 Å². The molecule has 0 bridgehead atoms. The van der Waals surface area contributed by atoms with Gasteiger partial charge in [0.05, 0.1) is 11.6 Å². The van der Waals surface area contributed by atoms with Crippen LogP contribution < -0.4 is 0 Å². The Balaban J connectivity index is 3.04. The Morgan fingerprint density at radius 1 is 1.38 bits per heavy atom. The maximum atomic E-state index is 8.73. The first-order valence-corrected chi connectivity index (χ1v) is 5.46. The van der Waals surface area contributed by atoms with Crippen LogP contribution in [0.5, 0.6) is 0 Å². The average molecular weight is 191 g/mol. The molecule has 13 heavy (non-hydrogen) atoms. The number of hydrogen-bond donors (Lipinski definition) is 0. The first-order chi connectivity index (χ1) is 6.31. The smallest absolute Gasteiger partial charge is 0.0992 e. The van der Waals surface area contributed by atoms with Crippen molar-refractivity contribution in [1.82, 2.24) is 0 Å². The third kappa shape index (κ3) is 2.50. The number of rotatable bonds is 3. The van der Waals surface area contributed by atoms with Crippen molar-refractivity contribution in [2.24, 2.45) is 0 Å². The summed E-state index contributed by atoms with van der Waals surface area (Å²) in [4.78, 5) is 1.25. The van der Waals surface area contributed by atoms with E-state index in [1.165, 1.54) is 10.5 Å². The number of nitriles is 1. The van der Waals surface area contributed by atoms with Gasteiger partial charge in [-0.2, -0.15) is 5.26 Å². The molecule has 0 saturated heterocycles. The third-order valence-corrected chi connectivity index (χ3v) is 2.86. The molecule has 0 saturated carbocycles. The van der Waals surface area contributed by atoms with Crippen molar-refractivity contribution in [2.75, 3.05) is 5.75 Å². The molecule has 0 radical (unpaired) electrons. The van der Waals surface area contributed by atoms with E-state index in [2.05, 4.69) is 26.0 Å². The zero-order valence-corrected chi connectivity index (χ0v) is 8.82. The highest BCUT2D eigenvalue weighted by atomic mass is 32.2. The van der Waals surface area contributed by atoms with Crippen LogP contribution in [0, 0.1) is 11.3 Å². The summed E-state index contributed by atoms with van der Waals surface area (Å²) < 4.78 is 0. The second-order valence-corrected chi connectivity index (χ2v) is 4.03. The maximum absolute atomic E-state index is 8.73. The number of thioether (sulfide) groups is 1. The van der Waals surface area contributed by atoms with Crippen molar-refractivity contribution in [2.45, 2.75) is 25.2 Å². The molecule has 0 fully saturated rings. The minimum Gasteiger partial charge on any atom is -0.192 e. The molecule has 0 aliphatic heterocycles. The van der Waals surface area contributed by atoms with Gasteiger partial charge in [0.15, 0.2) is 0 Å². The second-order valence-electron chi connectivity index (χ2n) is 2.72. The van der Waals surface area contributed by atoms with Gasteiger partial charge in [-0.15, -0.1) is 11.8 Å². The monoisotopic (exact) mass is 191 g/mol. The van der Waals surface area contributed by atoms with Gasteiger partial charge >= 0.3 is 0 Å². The molecular weight excluding hydrogens is 178 g/mol. The van der Waals surface area contributed by atoms with Crippen molar-refractivity contribution in [3.05, 3.63) is 29.3 Å². The minimum atomic E-state index is 0.758. The van der Waals surface area contributed by atoms with Crippen molar-refractivity contribution < 1.29 is 0 Å². The van der Waals surface area contributed by atoms with Gasteiger partial charge in [-0.05, 0) is 29.9 Å². The van der Waals surface area contributed by atoms with Crippen LogP contribution >= 0.6 is 11.8 Å². The van der Waals surface area contributed by atoms with Gasteiger partial charge in [0, 0.05) is 4.90 Å². The summed E-state index contributed by atoms with van der Waals surface area (Å²) in [6.45, 7) is 4.27. The van der Waals surface area contributed by atoms with Crippen LogP contribution in [-0.4, -0.2) is 5.75 Å². The Morgan fingerprint density at radius 3 is 2.69 bits per heavy atom. The highest BCUT2D eigenvalue weighted by Crippen LogP contribution is 2.24.